The third kappa shape index (κ3) is 2.91. The van der Waals surface area contributed by atoms with E-state index in [9.17, 15) is 4.79 Å². The average Bonchev–Trinajstić information content (AvgIpc) is 2.98. The number of thiazole rings is 1. The average molecular weight is 268 g/mol. The molecule has 0 spiro atoms. The van der Waals surface area contributed by atoms with Crippen LogP contribution in [0.4, 0.5) is 0 Å². The first-order valence-corrected chi connectivity index (χ1v) is 6.87. The van der Waals surface area contributed by atoms with Crippen molar-refractivity contribution in [2.24, 2.45) is 0 Å². The molecule has 2 rings (SSSR count). The lowest BCUT2D eigenvalue weighted by Crippen LogP contribution is -2.35. The van der Waals surface area contributed by atoms with E-state index in [-0.39, 0.29) is 18.6 Å². The molecule has 0 aliphatic carbocycles. The SMILES string of the molecule is C[C@@H](CO)NC(=O)c1csc(-c2cccs2)n1. The number of aliphatic hydroxyl groups is 1. The third-order valence-corrected chi connectivity index (χ3v) is 4.00. The Morgan fingerprint density at radius 3 is 3.06 bits per heavy atom. The van der Waals surface area contributed by atoms with E-state index in [2.05, 4.69) is 10.3 Å². The van der Waals surface area contributed by atoms with Crippen LogP contribution in [-0.4, -0.2) is 28.6 Å². The first kappa shape index (κ1) is 12.2. The Labute approximate surface area is 107 Å². The lowest BCUT2D eigenvalue weighted by Gasteiger charge is -2.08. The molecule has 0 bridgehead atoms. The van der Waals surface area contributed by atoms with Crippen LogP contribution in [0.1, 0.15) is 17.4 Å². The van der Waals surface area contributed by atoms with Gasteiger partial charge in [0.2, 0.25) is 0 Å². The number of carbonyl (C=O) groups excluding carboxylic acids is 1. The summed E-state index contributed by atoms with van der Waals surface area (Å²) >= 11 is 3.04. The second-order valence-corrected chi connectivity index (χ2v) is 5.38. The molecule has 17 heavy (non-hydrogen) atoms. The van der Waals surface area contributed by atoms with Gasteiger partial charge >= 0.3 is 0 Å². The van der Waals surface area contributed by atoms with Crippen LogP contribution < -0.4 is 5.32 Å². The van der Waals surface area contributed by atoms with Gasteiger partial charge in [0.25, 0.3) is 5.91 Å². The van der Waals surface area contributed by atoms with Crippen molar-refractivity contribution in [3.8, 4) is 9.88 Å². The number of nitrogens with one attached hydrogen (secondary N) is 1. The number of hydrogen-bond acceptors (Lipinski definition) is 5. The minimum absolute atomic E-state index is 0.0757. The number of amides is 1. The molecule has 0 radical (unpaired) electrons. The minimum atomic E-state index is -0.255. The number of aliphatic hydroxyl groups excluding tert-OH is 1. The quantitative estimate of drug-likeness (QED) is 0.891. The van der Waals surface area contributed by atoms with Gasteiger partial charge in [0.05, 0.1) is 11.5 Å². The lowest BCUT2D eigenvalue weighted by molar-refractivity contribution is 0.0918. The smallest absolute Gasteiger partial charge is 0.271 e. The zero-order valence-corrected chi connectivity index (χ0v) is 10.8. The standard InChI is InChI=1S/C11H12N2O2S2/c1-7(5-14)12-10(15)8-6-17-11(13-8)9-3-2-4-16-9/h2-4,6-7,14H,5H2,1H3,(H,12,15)/t7-/m0/s1. The van der Waals surface area contributed by atoms with Gasteiger partial charge in [0, 0.05) is 11.4 Å². The van der Waals surface area contributed by atoms with Gasteiger partial charge in [-0.1, -0.05) is 6.07 Å². The summed E-state index contributed by atoms with van der Waals surface area (Å²) < 4.78 is 0. The van der Waals surface area contributed by atoms with E-state index >= 15 is 0 Å². The highest BCUT2D eigenvalue weighted by atomic mass is 32.1. The fraction of sp³-hybridized carbons (Fsp3) is 0.273. The van der Waals surface area contributed by atoms with Gasteiger partial charge in [0.1, 0.15) is 10.7 Å². The number of nitrogens with zero attached hydrogens (tertiary/aromatic N) is 1. The molecule has 0 aromatic carbocycles. The maximum absolute atomic E-state index is 11.7. The molecule has 1 atom stereocenters. The second kappa shape index (κ2) is 5.39. The van der Waals surface area contributed by atoms with Crippen molar-refractivity contribution in [2.45, 2.75) is 13.0 Å². The van der Waals surface area contributed by atoms with Gasteiger partial charge in [-0.05, 0) is 18.4 Å². The molecule has 0 aliphatic rings. The Morgan fingerprint density at radius 1 is 1.59 bits per heavy atom. The van der Waals surface area contributed by atoms with Crippen LogP contribution in [0.3, 0.4) is 0 Å². The molecule has 2 aromatic heterocycles. The van der Waals surface area contributed by atoms with Crippen LogP contribution in [0.2, 0.25) is 0 Å². The molecule has 0 unspecified atom stereocenters. The summed E-state index contributed by atoms with van der Waals surface area (Å²) in [5, 5.41) is 16.1. The van der Waals surface area contributed by atoms with Crippen LogP contribution in [0, 0.1) is 0 Å². The van der Waals surface area contributed by atoms with E-state index in [4.69, 9.17) is 5.11 Å². The molecule has 4 nitrogen and oxygen atoms in total. The molecule has 0 saturated carbocycles. The molecular formula is C11H12N2O2S2. The summed E-state index contributed by atoms with van der Waals surface area (Å²) in [5.41, 5.74) is 0.402. The normalized spacial score (nSPS) is 12.4. The monoisotopic (exact) mass is 268 g/mol. The number of thiophene rings is 1. The topological polar surface area (TPSA) is 62.2 Å². The molecule has 2 aromatic rings. The van der Waals surface area contributed by atoms with E-state index in [0.717, 1.165) is 9.88 Å². The Kier molecular flexibility index (Phi) is 3.88. The Bertz CT molecular complexity index is 493. The number of aromatic nitrogens is 1. The molecule has 6 heteroatoms. The highest BCUT2D eigenvalue weighted by Gasteiger charge is 2.13. The lowest BCUT2D eigenvalue weighted by atomic mass is 10.3. The molecular weight excluding hydrogens is 256 g/mol. The predicted octanol–water partition coefficient (Wildman–Crippen LogP) is 1.98. The van der Waals surface area contributed by atoms with Gasteiger partial charge in [-0.2, -0.15) is 0 Å². The molecule has 0 fully saturated rings. The molecule has 2 N–H and O–H groups in total. The highest BCUT2D eigenvalue weighted by molar-refractivity contribution is 7.20. The van der Waals surface area contributed by atoms with E-state index in [0.29, 0.717) is 5.69 Å². The van der Waals surface area contributed by atoms with Crippen molar-refractivity contribution in [1.82, 2.24) is 10.3 Å². The van der Waals surface area contributed by atoms with Crippen molar-refractivity contribution < 1.29 is 9.90 Å². The molecule has 90 valence electrons. The van der Waals surface area contributed by atoms with Gasteiger partial charge in [-0.3, -0.25) is 4.79 Å². The van der Waals surface area contributed by atoms with E-state index in [1.54, 1.807) is 23.6 Å². The fourth-order valence-corrected chi connectivity index (χ4v) is 2.85. The molecule has 2 heterocycles. The third-order valence-electron chi connectivity index (χ3n) is 2.12. The summed E-state index contributed by atoms with van der Waals surface area (Å²) in [5.74, 6) is -0.245. The van der Waals surface area contributed by atoms with Gasteiger partial charge in [-0.15, -0.1) is 22.7 Å². The molecule has 0 saturated heterocycles. The largest absolute Gasteiger partial charge is 0.394 e. The summed E-state index contributed by atoms with van der Waals surface area (Å²) in [4.78, 5) is 17.1. The minimum Gasteiger partial charge on any atom is -0.394 e. The van der Waals surface area contributed by atoms with Gasteiger partial charge in [-0.25, -0.2) is 4.98 Å². The predicted molar refractivity (Wildman–Crippen MR) is 69.4 cm³/mol. The Balaban J connectivity index is 2.11. The van der Waals surface area contributed by atoms with Crippen molar-refractivity contribution in [2.75, 3.05) is 6.61 Å². The summed E-state index contributed by atoms with van der Waals surface area (Å²) in [7, 11) is 0. The van der Waals surface area contributed by atoms with Crippen molar-refractivity contribution in [1.29, 1.82) is 0 Å². The first-order valence-electron chi connectivity index (χ1n) is 5.12. The second-order valence-electron chi connectivity index (χ2n) is 3.57. The molecule has 0 aliphatic heterocycles. The van der Waals surface area contributed by atoms with E-state index in [1.807, 2.05) is 17.5 Å². The number of carbonyl (C=O) groups is 1. The van der Waals surface area contributed by atoms with Crippen LogP contribution >= 0.6 is 22.7 Å². The Morgan fingerprint density at radius 2 is 2.41 bits per heavy atom. The van der Waals surface area contributed by atoms with Gasteiger partial charge in [0.15, 0.2) is 0 Å². The van der Waals surface area contributed by atoms with Crippen LogP contribution in [0.25, 0.3) is 9.88 Å². The van der Waals surface area contributed by atoms with Crippen molar-refractivity contribution in [3.63, 3.8) is 0 Å². The van der Waals surface area contributed by atoms with E-state index < -0.39 is 0 Å². The zero-order chi connectivity index (χ0) is 12.3. The number of hydrogen-bond donors (Lipinski definition) is 2. The van der Waals surface area contributed by atoms with Crippen LogP contribution in [0.5, 0.6) is 0 Å². The summed E-state index contributed by atoms with van der Waals surface area (Å²) in [6.07, 6.45) is 0. The summed E-state index contributed by atoms with van der Waals surface area (Å²) in [6, 6.07) is 3.67. The van der Waals surface area contributed by atoms with E-state index in [1.165, 1.54) is 11.3 Å². The number of rotatable bonds is 4. The Hall–Kier alpha value is -1.24. The van der Waals surface area contributed by atoms with Crippen molar-refractivity contribution >= 4 is 28.6 Å². The zero-order valence-electron chi connectivity index (χ0n) is 9.21. The highest BCUT2D eigenvalue weighted by Crippen LogP contribution is 2.27. The van der Waals surface area contributed by atoms with Crippen LogP contribution in [-0.2, 0) is 0 Å². The summed E-state index contributed by atoms with van der Waals surface area (Å²) in [6.45, 7) is 1.66. The van der Waals surface area contributed by atoms with Crippen LogP contribution in [0.15, 0.2) is 22.9 Å². The van der Waals surface area contributed by atoms with Crippen molar-refractivity contribution in [3.05, 3.63) is 28.6 Å². The maximum Gasteiger partial charge on any atom is 0.271 e. The first-order chi connectivity index (χ1) is 8.20. The molecule has 1 amide bonds. The maximum atomic E-state index is 11.7. The van der Waals surface area contributed by atoms with Gasteiger partial charge < -0.3 is 10.4 Å². The fourth-order valence-electron chi connectivity index (χ4n) is 1.23.